The van der Waals surface area contributed by atoms with Gasteiger partial charge in [-0.15, -0.1) is 10.2 Å². The topological polar surface area (TPSA) is 140 Å². The third-order valence-corrected chi connectivity index (χ3v) is 7.94. The molecule has 11 nitrogen and oxygen atoms in total. The highest BCUT2D eigenvalue weighted by molar-refractivity contribution is 6.61. The average molecular weight is 613 g/mol. The first kappa shape index (κ1) is 29.6. The van der Waals surface area contributed by atoms with Gasteiger partial charge in [0.05, 0.1) is 38.1 Å². The number of halogens is 1. The lowest BCUT2D eigenvalue weighted by Crippen LogP contribution is -2.38. The molecular formula is C31H30BClN6O5. The Hall–Kier alpha value is -4.52. The van der Waals surface area contributed by atoms with Gasteiger partial charge in [-0.1, -0.05) is 41.9 Å². The van der Waals surface area contributed by atoms with Gasteiger partial charge in [0.1, 0.15) is 17.6 Å². The Morgan fingerprint density at radius 2 is 1.91 bits per heavy atom. The van der Waals surface area contributed by atoms with Crippen LogP contribution in [0.4, 0.5) is 0 Å². The van der Waals surface area contributed by atoms with Crippen LogP contribution in [-0.2, 0) is 27.3 Å². The Morgan fingerprint density at radius 1 is 1.09 bits per heavy atom. The van der Waals surface area contributed by atoms with E-state index in [0.29, 0.717) is 47.7 Å². The van der Waals surface area contributed by atoms with Gasteiger partial charge >= 0.3 is 7.12 Å². The predicted octanol–water partition coefficient (Wildman–Crippen LogP) is 2.21. The summed E-state index contributed by atoms with van der Waals surface area (Å²) in [5.41, 5.74) is 5.77. The van der Waals surface area contributed by atoms with E-state index in [4.69, 9.17) is 26.0 Å². The minimum atomic E-state index is -0.912. The molecule has 0 saturated heterocycles. The quantitative estimate of drug-likeness (QED) is 0.246. The number of aryl methyl sites for hydroxylation is 1. The summed E-state index contributed by atoms with van der Waals surface area (Å²) in [6, 6.07) is 18.1. The standard InChI is InChI=1S/C31H30BClN6O5/c1-18-37-38-31-26(15-28(40)35-16-29(41)34-12-11-19-3-4-21-17-44-32(42)25(21)13-19)36-30(20-5-7-22(33)8-6-20)24-14-23(43-2)9-10-27(24)39(18)31/h3-10,13-14,26,42H,11-12,15-17H2,1-2H3,(H,34,41)(H,35,40)/t26-/m0/s1. The number of benzene rings is 3. The lowest BCUT2D eigenvalue weighted by Gasteiger charge is -2.14. The van der Waals surface area contributed by atoms with Gasteiger partial charge in [-0.05, 0) is 60.3 Å². The van der Waals surface area contributed by atoms with Crippen molar-refractivity contribution in [3.05, 3.63) is 99.6 Å². The van der Waals surface area contributed by atoms with Gasteiger partial charge in [0.25, 0.3) is 0 Å². The number of aromatic nitrogens is 3. The predicted molar refractivity (Wildman–Crippen MR) is 166 cm³/mol. The lowest BCUT2D eigenvalue weighted by molar-refractivity contribution is -0.126. The number of amides is 2. The van der Waals surface area contributed by atoms with Gasteiger partial charge in [0.15, 0.2) is 5.82 Å². The highest BCUT2D eigenvalue weighted by Gasteiger charge is 2.30. The number of fused-ring (bicyclic) bond motifs is 4. The summed E-state index contributed by atoms with van der Waals surface area (Å²) in [5, 5.41) is 24.7. The number of rotatable bonds is 9. The fourth-order valence-corrected chi connectivity index (χ4v) is 5.56. The number of ether oxygens (including phenoxy) is 1. The molecule has 1 aromatic heterocycles. The third-order valence-electron chi connectivity index (χ3n) is 7.68. The summed E-state index contributed by atoms with van der Waals surface area (Å²) in [6.07, 6.45) is 0.525. The van der Waals surface area contributed by atoms with Crippen LogP contribution in [-0.4, -0.2) is 64.6 Å². The molecule has 3 aromatic carbocycles. The molecule has 224 valence electrons. The monoisotopic (exact) mass is 612 g/mol. The molecule has 1 atom stereocenters. The molecule has 2 amide bonds. The Bertz CT molecular complexity index is 1760. The van der Waals surface area contributed by atoms with Crippen LogP contribution in [0.5, 0.6) is 5.75 Å². The Morgan fingerprint density at radius 3 is 2.70 bits per heavy atom. The maximum atomic E-state index is 13.1. The fourth-order valence-electron chi connectivity index (χ4n) is 5.43. The average Bonchev–Trinajstić information content (AvgIpc) is 3.56. The molecule has 2 aliphatic rings. The maximum Gasteiger partial charge on any atom is 0.491 e. The highest BCUT2D eigenvalue weighted by atomic mass is 35.5. The lowest BCUT2D eigenvalue weighted by atomic mass is 9.78. The van der Waals surface area contributed by atoms with Crippen LogP contribution in [0.2, 0.25) is 5.02 Å². The number of carbonyl (C=O) groups excluding carboxylic acids is 2. The molecule has 0 unspecified atom stereocenters. The van der Waals surface area contributed by atoms with Gasteiger partial charge in [-0.2, -0.15) is 0 Å². The van der Waals surface area contributed by atoms with Gasteiger partial charge in [0.2, 0.25) is 11.8 Å². The zero-order valence-corrected chi connectivity index (χ0v) is 25.0. The summed E-state index contributed by atoms with van der Waals surface area (Å²) in [7, 11) is 0.689. The van der Waals surface area contributed by atoms with Gasteiger partial charge in [0, 0.05) is 22.7 Å². The fraction of sp³-hybridized carbons (Fsp3) is 0.258. The van der Waals surface area contributed by atoms with E-state index in [1.807, 2.05) is 60.0 Å². The Kier molecular flexibility index (Phi) is 8.47. The van der Waals surface area contributed by atoms with E-state index < -0.39 is 13.2 Å². The van der Waals surface area contributed by atoms with Crippen molar-refractivity contribution in [2.45, 2.75) is 32.4 Å². The second kappa shape index (κ2) is 12.6. The first-order valence-corrected chi connectivity index (χ1v) is 14.6. The third kappa shape index (κ3) is 6.09. The molecule has 13 heteroatoms. The van der Waals surface area contributed by atoms with E-state index in [2.05, 4.69) is 20.8 Å². The number of nitrogens with one attached hydrogen (secondary N) is 2. The van der Waals surface area contributed by atoms with Crippen LogP contribution in [0, 0.1) is 6.92 Å². The van der Waals surface area contributed by atoms with Crippen LogP contribution in [0.15, 0.2) is 65.7 Å². The maximum absolute atomic E-state index is 13.1. The zero-order chi connectivity index (χ0) is 30.8. The van der Waals surface area contributed by atoms with E-state index in [-0.39, 0.29) is 24.8 Å². The molecule has 0 radical (unpaired) electrons. The molecule has 4 aromatic rings. The molecule has 3 N–H and O–H groups in total. The number of hydrogen-bond acceptors (Lipinski definition) is 8. The van der Waals surface area contributed by atoms with Gasteiger partial charge < -0.3 is 25.0 Å². The van der Waals surface area contributed by atoms with Crippen LogP contribution in [0.25, 0.3) is 5.69 Å². The van der Waals surface area contributed by atoms with Crippen molar-refractivity contribution >= 4 is 41.7 Å². The minimum Gasteiger partial charge on any atom is -0.497 e. The summed E-state index contributed by atoms with van der Waals surface area (Å²) in [4.78, 5) is 30.7. The van der Waals surface area contributed by atoms with E-state index in [9.17, 15) is 14.6 Å². The summed E-state index contributed by atoms with van der Waals surface area (Å²) in [5.74, 6) is 1.15. The highest BCUT2D eigenvalue weighted by Crippen LogP contribution is 2.34. The van der Waals surface area contributed by atoms with E-state index in [0.717, 1.165) is 33.4 Å². The summed E-state index contributed by atoms with van der Waals surface area (Å²) >= 11 is 6.17. The van der Waals surface area contributed by atoms with Crippen molar-refractivity contribution in [2.75, 3.05) is 20.2 Å². The molecule has 0 bridgehead atoms. The number of nitrogens with zero attached hydrogens (tertiary/aromatic N) is 4. The Balaban J connectivity index is 1.15. The second-order valence-corrected chi connectivity index (χ2v) is 11.0. The molecule has 3 heterocycles. The molecule has 0 spiro atoms. The molecule has 0 saturated carbocycles. The summed E-state index contributed by atoms with van der Waals surface area (Å²) in [6.45, 7) is 2.44. The normalized spacial score (nSPS) is 15.0. The first-order chi connectivity index (χ1) is 21.3. The van der Waals surface area contributed by atoms with Crippen molar-refractivity contribution in [3.63, 3.8) is 0 Å². The molecule has 2 aliphatic heterocycles. The Labute approximate surface area is 259 Å². The summed E-state index contributed by atoms with van der Waals surface area (Å²) < 4.78 is 12.6. The van der Waals surface area contributed by atoms with E-state index in [1.165, 1.54) is 0 Å². The SMILES string of the molecule is COc1ccc2c(c1)C(c1ccc(Cl)cc1)=N[C@@H](CC(=O)NCC(=O)NCCc1ccc3c(c1)B(O)OC3)c1nnc(C)n1-2. The first-order valence-electron chi connectivity index (χ1n) is 14.2. The van der Waals surface area contributed by atoms with Crippen molar-refractivity contribution in [1.29, 1.82) is 0 Å². The molecule has 0 aliphatic carbocycles. The molecule has 44 heavy (non-hydrogen) atoms. The van der Waals surface area contributed by atoms with Gasteiger partial charge in [-0.3, -0.25) is 19.1 Å². The molecular weight excluding hydrogens is 583 g/mol. The molecule has 0 fully saturated rings. The second-order valence-electron chi connectivity index (χ2n) is 10.6. The largest absolute Gasteiger partial charge is 0.497 e. The van der Waals surface area contributed by atoms with Crippen LogP contribution in [0.3, 0.4) is 0 Å². The smallest absolute Gasteiger partial charge is 0.491 e. The number of hydrogen-bond donors (Lipinski definition) is 3. The van der Waals surface area contributed by atoms with Crippen LogP contribution in [0.1, 0.15) is 46.4 Å². The van der Waals surface area contributed by atoms with Crippen molar-refractivity contribution < 1.29 is 24.0 Å². The van der Waals surface area contributed by atoms with Crippen molar-refractivity contribution in [2.24, 2.45) is 4.99 Å². The zero-order valence-electron chi connectivity index (χ0n) is 24.2. The van der Waals surface area contributed by atoms with Gasteiger partial charge in [-0.25, -0.2) is 0 Å². The number of carbonyl (C=O) groups is 2. The minimum absolute atomic E-state index is 0.0485. The molecule has 6 rings (SSSR count). The van der Waals surface area contributed by atoms with E-state index in [1.54, 1.807) is 19.2 Å². The van der Waals surface area contributed by atoms with Crippen molar-refractivity contribution in [1.82, 2.24) is 25.4 Å². The number of methoxy groups -OCH3 is 1. The number of aliphatic imine (C=N–C) groups is 1. The van der Waals surface area contributed by atoms with Crippen LogP contribution < -0.4 is 20.8 Å². The van der Waals surface area contributed by atoms with Crippen LogP contribution >= 0.6 is 11.6 Å². The van der Waals surface area contributed by atoms with Crippen molar-refractivity contribution in [3.8, 4) is 11.4 Å². The van der Waals surface area contributed by atoms with E-state index >= 15 is 0 Å².